The number of fused-ring (bicyclic) bond motifs is 1. The molecule has 0 aliphatic carbocycles. The third-order valence-electron chi connectivity index (χ3n) is 6.83. The number of aryl methyl sites for hydroxylation is 2. The van der Waals surface area contributed by atoms with Crippen molar-refractivity contribution in [3.63, 3.8) is 0 Å². The van der Waals surface area contributed by atoms with E-state index in [9.17, 15) is 18.0 Å². The number of carbonyl (C=O) groups is 2. The van der Waals surface area contributed by atoms with Crippen molar-refractivity contribution >= 4 is 33.2 Å². The highest BCUT2D eigenvalue weighted by atomic mass is 32.2. The smallest absolute Gasteiger partial charge is 0.240 e. The average molecular weight is 499 g/mol. The molecule has 2 aliphatic rings. The van der Waals surface area contributed by atoms with Crippen molar-refractivity contribution in [1.82, 2.24) is 9.62 Å². The first kappa shape index (κ1) is 25.2. The van der Waals surface area contributed by atoms with Gasteiger partial charge in [0.1, 0.15) is 0 Å². The van der Waals surface area contributed by atoms with Gasteiger partial charge in [-0.1, -0.05) is 19.1 Å². The van der Waals surface area contributed by atoms with E-state index in [-0.39, 0.29) is 29.7 Å². The van der Waals surface area contributed by atoms with Crippen molar-refractivity contribution < 1.29 is 18.0 Å². The van der Waals surface area contributed by atoms with Gasteiger partial charge in [0, 0.05) is 63.5 Å². The number of nitrogens with one attached hydrogen (secondary N) is 1. The predicted molar refractivity (Wildman–Crippen MR) is 137 cm³/mol. The van der Waals surface area contributed by atoms with Gasteiger partial charge in [-0.15, -0.1) is 0 Å². The zero-order valence-electron chi connectivity index (χ0n) is 20.7. The van der Waals surface area contributed by atoms with Crippen LogP contribution in [-0.4, -0.2) is 64.4 Å². The van der Waals surface area contributed by atoms with Gasteiger partial charge in [-0.3, -0.25) is 9.59 Å². The van der Waals surface area contributed by atoms with Crippen molar-refractivity contribution in [3.8, 4) is 0 Å². The van der Waals surface area contributed by atoms with Crippen LogP contribution in [0.2, 0.25) is 0 Å². The molecule has 2 aromatic rings. The SMILES string of the molecule is CCC(=O)N1CCc2cc(S(=O)(=O)NCCC(=O)N3CCN(c4cc(C)ccc4C)CC3)ccc21. The Bertz CT molecular complexity index is 1220. The van der Waals surface area contributed by atoms with Crippen molar-refractivity contribution in [2.75, 3.05) is 49.1 Å². The molecule has 1 fully saturated rings. The maximum Gasteiger partial charge on any atom is 0.240 e. The quantitative estimate of drug-likeness (QED) is 0.634. The second-order valence-corrected chi connectivity index (χ2v) is 11.0. The Kier molecular flexibility index (Phi) is 7.47. The molecule has 1 N–H and O–H groups in total. The second-order valence-electron chi connectivity index (χ2n) is 9.24. The van der Waals surface area contributed by atoms with E-state index >= 15 is 0 Å². The van der Waals surface area contributed by atoms with Gasteiger partial charge >= 0.3 is 0 Å². The van der Waals surface area contributed by atoms with Crippen molar-refractivity contribution in [2.45, 2.75) is 44.9 Å². The van der Waals surface area contributed by atoms with Gasteiger partial charge in [-0.05, 0) is 61.2 Å². The number of hydrogen-bond acceptors (Lipinski definition) is 5. The molecule has 0 spiro atoms. The van der Waals surface area contributed by atoms with E-state index < -0.39 is 10.0 Å². The number of anilines is 2. The summed E-state index contributed by atoms with van der Waals surface area (Å²) in [6.07, 6.45) is 1.17. The summed E-state index contributed by atoms with van der Waals surface area (Å²) in [5.74, 6) is -0.0122. The van der Waals surface area contributed by atoms with Crippen LogP contribution in [0.4, 0.5) is 11.4 Å². The topological polar surface area (TPSA) is 90.0 Å². The summed E-state index contributed by atoms with van der Waals surface area (Å²) in [6.45, 7) is 9.38. The molecule has 0 saturated carbocycles. The van der Waals surface area contributed by atoms with Crippen LogP contribution in [0.5, 0.6) is 0 Å². The Balaban J connectivity index is 1.29. The first-order valence-electron chi connectivity index (χ1n) is 12.2. The van der Waals surface area contributed by atoms with Crippen LogP contribution in [0.1, 0.15) is 36.5 Å². The third kappa shape index (κ3) is 5.51. The van der Waals surface area contributed by atoms with Crippen LogP contribution in [0.15, 0.2) is 41.3 Å². The molecule has 2 amide bonds. The normalized spacial score (nSPS) is 15.9. The molecule has 0 unspecified atom stereocenters. The van der Waals surface area contributed by atoms with Crippen molar-refractivity contribution in [1.29, 1.82) is 0 Å². The molecule has 2 heterocycles. The predicted octanol–water partition coefficient (Wildman–Crippen LogP) is 2.62. The fraction of sp³-hybridized carbons (Fsp3) is 0.462. The van der Waals surface area contributed by atoms with Crippen molar-refractivity contribution in [3.05, 3.63) is 53.1 Å². The van der Waals surface area contributed by atoms with Gasteiger partial charge in [0.2, 0.25) is 21.8 Å². The largest absolute Gasteiger partial charge is 0.368 e. The van der Waals surface area contributed by atoms with E-state index in [2.05, 4.69) is 41.7 Å². The molecule has 0 radical (unpaired) electrons. The molecule has 1 saturated heterocycles. The van der Waals surface area contributed by atoms with E-state index in [0.717, 1.165) is 24.3 Å². The molecule has 35 heavy (non-hydrogen) atoms. The summed E-state index contributed by atoms with van der Waals surface area (Å²) in [4.78, 5) is 30.8. The highest BCUT2D eigenvalue weighted by Gasteiger charge is 2.26. The molecule has 4 rings (SSSR count). The highest BCUT2D eigenvalue weighted by molar-refractivity contribution is 7.89. The Morgan fingerprint density at radius 2 is 1.66 bits per heavy atom. The Morgan fingerprint density at radius 3 is 2.37 bits per heavy atom. The minimum Gasteiger partial charge on any atom is -0.368 e. The number of sulfonamides is 1. The number of carbonyl (C=O) groups excluding carboxylic acids is 2. The lowest BCUT2D eigenvalue weighted by Gasteiger charge is -2.37. The molecule has 2 aliphatic heterocycles. The molecule has 188 valence electrons. The number of hydrogen-bond donors (Lipinski definition) is 1. The highest BCUT2D eigenvalue weighted by Crippen LogP contribution is 2.30. The van der Waals surface area contributed by atoms with Crippen LogP contribution in [-0.2, 0) is 26.0 Å². The maximum atomic E-state index is 12.8. The van der Waals surface area contributed by atoms with Crippen LogP contribution >= 0.6 is 0 Å². The van der Waals surface area contributed by atoms with E-state index in [4.69, 9.17) is 0 Å². The molecular formula is C26H34N4O4S. The molecule has 0 aromatic heterocycles. The second kappa shape index (κ2) is 10.4. The molecule has 0 bridgehead atoms. The summed E-state index contributed by atoms with van der Waals surface area (Å²) in [6, 6.07) is 11.3. The third-order valence-corrected chi connectivity index (χ3v) is 8.29. The van der Waals surface area contributed by atoms with Crippen LogP contribution in [0, 0.1) is 13.8 Å². The van der Waals surface area contributed by atoms with E-state index in [1.807, 2.05) is 11.8 Å². The Labute approximate surface area is 207 Å². The van der Waals surface area contributed by atoms with Crippen LogP contribution < -0.4 is 14.5 Å². The summed E-state index contributed by atoms with van der Waals surface area (Å²) in [5.41, 5.74) is 5.28. The first-order valence-corrected chi connectivity index (χ1v) is 13.7. The lowest BCUT2D eigenvalue weighted by atomic mass is 10.1. The monoisotopic (exact) mass is 498 g/mol. The Hall–Kier alpha value is -2.91. The molecular weight excluding hydrogens is 464 g/mol. The fourth-order valence-corrected chi connectivity index (χ4v) is 5.87. The lowest BCUT2D eigenvalue weighted by Crippen LogP contribution is -2.49. The standard InChI is InChI=1S/C26H34N4O4S/c1-4-25(31)30-12-10-21-18-22(7-8-23(21)30)35(33,34)27-11-9-26(32)29-15-13-28(14-16-29)24-17-19(2)5-6-20(24)3/h5-8,17-18,27H,4,9-16H2,1-3H3. The molecule has 8 nitrogen and oxygen atoms in total. The number of rotatable bonds is 7. The lowest BCUT2D eigenvalue weighted by molar-refractivity contribution is -0.131. The summed E-state index contributed by atoms with van der Waals surface area (Å²) >= 11 is 0. The minimum atomic E-state index is -3.74. The van der Waals surface area contributed by atoms with E-state index in [1.54, 1.807) is 17.0 Å². The first-order chi connectivity index (χ1) is 16.7. The van der Waals surface area contributed by atoms with Crippen LogP contribution in [0.25, 0.3) is 0 Å². The molecule has 0 atom stereocenters. The number of piperazine rings is 1. The zero-order valence-corrected chi connectivity index (χ0v) is 21.5. The number of nitrogens with zero attached hydrogens (tertiary/aromatic N) is 3. The van der Waals surface area contributed by atoms with Crippen molar-refractivity contribution in [2.24, 2.45) is 0 Å². The number of amides is 2. The van der Waals surface area contributed by atoms with E-state index in [1.165, 1.54) is 22.9 Å². The molecule has 2 aromatic carbocycles. The summed E-state index contributed by atoms with van der Waals surface area (Å²) in [7, 11) is -3.74. The maximum absolute atomic E-state index is 12.8. The average Bonchev–Trinajstić information content (AvgIpc) is 3.28. The number of benzene rings is 2. The van der Waals surface area contributed by atoms with Gasteiger partial charge in [-0.2, -0.15) is 0 Å². The van der Waals surface area contributed by atoms with E-state index in [0.29, 0.717) is 32.5 Å². The Morgan fingerprint density at radius 1 is 0.914 bits per heavy atom. The zero-order chi connectivity index (χ0) is 25.2. The van der Waals surface area contributed by atoms with Gasteiger partial charge in [0.15, 0.2) is 0 Å². The summed E-state index contributed by atoms with van der Waals surface area (Å²) in [5, 5.41) is 0. The van der Waals surface area contributed by atoms with Gasteiger partial charge in [-0.25, -0.2) is 13.1 Å². The summed E-state index contributed by atoms with van der Waals surface area (Å²) < 4.78 is 28.2. The fourth-order valence-electron chi connectivity index (χ4n) is 4.79. The minimum absolute atomic E-state index is 0.0332. The van der Waals surface area contributed by atoms with Gasteiger partial charge < -0.3 is 14.7 Å². The van der Waals surface area contributed by atoms with Gasteiger partial charge in [0.05, 0.1) is 4.90 Å². The van der Waals surface area contributed by atoms with Crippen LogP contribution in [0.3, 0.4) is 0 Å². The van der Waals surface area contributed by atoms with Gasteiger partial charge in [0.25, 0.3) is 0 Å². The molecule has 9 heteroatoms.